The van der Waals surface area contributed by atoms with Crippen LogP contribution in [0.15, 0.2) is 114 Å². The number of carbonyl (C=O) groups excluding carboxylic acids is 5. The molecule has 1 atom stereocenters. The van der Waals surface area contributed by atoms with Crippen molar-refractivity contribution in [1.29, 1.82) is 0 Å². The third-order valence-electron chi connectivity index (χ3n) is 9.17. The number of hydrogen-bond donors (Lipinski definition) is 3. The zero-order valence-corrected chi connectivity index (χ0v) is 34.0. The van der Waals surface area contributed by atoms with E-state index in [1.165, 1.54) is 50.3 Å². The highest BCUT2D eigenvalue weighted by molar-refractivity contribution is 8.00. The molecule has 12 nitrogen and oxygen atoms in total. The number of carbonyl (C=O) groups is 5. The van der Waals surface area contributed by atoms with Crippen LogP contribution in [0.4, 0.5) is 10.7 Å². The molecular formula is C44H42N4O8S2. The van der Waals surface area contributed by atoms with Crippen molar-refractivity contribution in [2.75, 3.05) is 38.0 Å². The molecule has 298 valence electrons. The predicted molar refractivity (Wildman–Crippen MR) is 225 cm³/mol. The third kappa shape index (κ3) is 9.94. The summed E-state index contributed by atoms with van der Waals surface area (Å²) in [4.78, 5) is 70.2. The van der Waals surface area contributed by atoms with Crippen LogP contribution in [0.5, 0.6) is 11.5 Å². The Kier molecular flexibility index (Phi) is 13.6. The van der Waals surface area contributed by atoms with Crippen molar-refractivity contribution < 1.29 is 38.2 Å². The lowest BCUT2D eigenvalue weighted by atomic mass is 10.0. The van der Waals surface area contributed by atoms with Gasteiger partial charge in [-0.1, -0.05) is 54.6 Å². The molecule has 5 aromatic rings. The second kappa shape index (κ2) is 19.2. The maximum atomic E-state index is 14.3. The number of ether oxygens (including phenoxy) is 3. The van der Waals surface area contributed by atoms with Gasteiger partial charge in [0.05, 0.1) is 32.9 Å². The van der Waals surface area contributed by atoms with Crippen molar-refractivity contribution in [3.8, 4) is 11.5 Å². The maximum Gasteiger partial charge on any atom is 0.341 e. The summed E-state index contributed by atoms with van der Waals surface area (Å²) in [6, 6.07) is 29.9. The van der Waals surface area contributed by atoms with Crippen LogP contribution >= 0.6 is 23.1 Å². The second-order valence-corrected chi connectivity index (χ2v) is 15.3. The first-order valence-corrected chi connectivity index (χ1v) is 20.1. The summed E-state index contributed by atoms with van der Waals surface area (Å²) >= 11 is 2.53. The van der Waals surface area contributed by atoms with E-state index in [-0.39, 0.29) is 24.1 Å². The van der Waals surface area contributed by atoms with E-state index < -0.39 is 23.0 Å². The van der Waals surface area contributed by atoms with Crippen molar-refractivity contribution in [2.45, 2.75) is 37.0 Å². The van der Waals surface area contributed by atoms with E-state index >= 15 is 0 Å². The van der Waals surface area contributed by atoms with Crippen LogP contribution in [0.2, 0.25) is 0 Å². The first-order valence-electron chi connectivity index (χ1n) is 18.4. The Morgan fingerprint density at radius 2 is 1.62 bits per heavy atom. The fourth-order valence-corrected chi connectivity index (χ4v) is 8.61. The molecule has 1 aliphatic rings. The number of hydrogen-bond acceptors (Lipinski definition) is 10. The van der Waals surface area contributed by atoms with Gasteiger partial charge in [0.2, 0.25) is 11.8 Å². The first kappa shape index (κ1) is 41.3. The number of amides is 4. The van der Waals surface area contributed by atoms with Gasteiger partial charge in [-0.05, 0) is 73.0 Å². The summed E-state index contributed by atoms with van der Waals surface area (Å²) in [7, 11) is 3.03. The van der Waals surface area contributed by atoms with E-state index in [1.54, 1.807) is 78.6 Å². The third-order valence-corrected chi connectivity index (χ3v) is 11.6. The van der Waals surface area contributed by atoms with Gasteiger partial charge in [-0.2, -0.15) is 0 Å². The quantitative estimate of drug-likeness (QED) is 0.0581. The lowest BCUT2D eigenvalue weighted by molar-refractivity contribution is -0.129. The van der Waals surface area contributed by atoms with Crippen molar-refractivity contribution in [1.82, 2.24) is 10.2 Å². The van der Waals surface area contributed by atoms with E-state index in [0.717, 1.165) is 10.4 Å². The van der Waals surface area contributed by atoms with Gasteiger partial charge in [0, 0.05) is 46.1 Å². The number of nitrogens with one attached hydrogen (secondary N) is 3. The molecular weight excluding hydrogens is 777 g/mol. The van der Waals surface area contributed by atoms with Crippen molar-refractivity contribution in [3.63, 3.8) is 0 Å². The van der Waals surface area contributed by atoms with E-state index in [4.69, 9.17) is 14.2 Å². The first-order chi connectivity index (χ1) is 28.1. The number of benzene rings is 4. The minimum absolute atomic E-state index is 0.0422. The summed E-state index contributed by atoms with van der Waals surface area (Å²) < 4.78 is 16.3. The van der Waals surface area contributed by atoms with Crippen molar-refractivity contribution in [2.24, 2.45) is 0 Å². The zero-order chi connectivity index (χ0) is 41.2. The molecule has 4 aromatic carbocycles. The highest BCUT2D eigenvalue weighted by Gasteiger charge is 2.32. The van der Waals surface area contributed by atoms with Gasteiger partial charge < -0.3 is 35.1 Å². The minimum atomic E-state index is -0.779. The van der Waals surface area contributed by atoms with Crippen LogP contribution in [-0.4, -0.2) is 61.9 Å². The molecule has 0 fully saturated rings. The van der Waals surface area contributed by atoms with Crippen LogP contribution in [0, 0.1) is 0 Å². The normalized spacial score (nSPS) is 12.8. The number of nitrogens with zero attached hydrogens (tertiary/aromatic N) is 1. The smallest absolute Gasteiger partial charge is 0.341 e. The molecule has 6 rings (SSSR count). The highest BCUT2D eigenvalue weighted by Crippen LogP contribution is 2.41. The lowest BCUT2D eigenvalue weighted by Crippen LogP contribution is -2.34. The molecule has 14 heteroatoms. The molecule has 0 radical (unpaired) electrons. The Morgan fingerprint density at radius 1 is 0.879 bits per heavy atom. The topological polar surface area (TPSA) is 152 Å². The van der Waals surface area contributed by atoms with E-state index in [1.807, 2.05) is 36.4 Å². The molecule has 0 saturated heterocycles. The molecule has 1 aliphatic heterocycles. The number of fused-ring (bicyclic) bond motifs is 1. The highest BCUT2D eigenvalue weighted by atomic mass is 32.2. The molecule has 3 N–H and O–H groups in total. The molecule has 0 bridgehead atoms. The average Bonchev–Trinajstić information content (AvgIpc) is 3.60. The van der Waals surface area contributed by atoms with E-state index in [0.29, 0.717) is 68.8 Å². The lowest BCUT2D eigenvalue weighted by Gasteiger charge is -2.25. The zero-order valence-electron chi connectivity index (χ0n) is 32.3. The van der Waals surface area contributed by atoms with Crippen LogP contribution < -0.4 is 25.4 Å². The van der Waals surface area contributed by atoms with Gasteiger partial charge >= 0.3 is 5.97 Å². The minimum Gasteiger partial charge on any atom is -0.497 e. The SMILES string of the molecule is CCOC(=O)c1c(NC(=O)C(Sc2cccc(NC(=O)/C(=C\c3ccc(OC)cc3OC)NC(=O)c3ccccc3)c2)c2ccccc2)sc2c1CCN(C(C)=O)C2. The van der Waals surface area contributed by atoms with Crippen LogP contribution in [0.3, 0.4) is 0 Å². The Labute approximate surface area is 344 Å². The average molecular weight is 819 g/mol. The van der Waals surface area contributed by atoms with Crippen LogP contribution in [0.25, 0.3) is 6.08 Å². The van der Waals surface area contributed by atoms with E-state index in [2.05, 4.69) is 16.0 Å². The van der Waals surface area contributed by atoms with Gasteiger partial charge in [-0.3, -0.25) is 19.2 Å². The van der Waals surface area contributed by atoms with Gasteiger partial charge in [0.25, 0.3) is 11.8 Å². The van der Waals surface area contributed by atoms with Gasteiger partial charge in [0.15, 0.2) is 0 Å². The standard InChI is InChI=1S/C44H42N4O8S2/c1-5-56-44(53)38-34-21-22-48(27(2)49)26-37(34)58-43(38)47-42(52)39(28-13-8-6-9-14-28)57-33-18-12-17-31(24-33)45-41(51)35(46-40(50)29-15-10-7-11-16-29)23-30-19-20-32(54-3)25-36(30)55-4/h6-20,23-25,39H,5,21-22,26H2,1-4H3,(H,45,51)(H,46,50)(H,47,52)/b35-23+. The molecule has 58 heavy (non-hydrogen) atoms. The van der Waals surface area contributed by atoms with Crippen molar-refractivity contribution >= 4 is 69.5 Å². The van der Waals surface area contributed by atoms with Gasteiger partial charge in [-0.15, -0.1) is 23.1 Å². The molecule has 1 aromatic heterocycles. The number of thioether (sulfide) groups is 1. The summed E-state index contributed by atoms with van der Waals surface area (Å²) in [5, 5.41) is 8.25. The monoisotopic (exact) mass is 818 g/mol. The Hall–Kier alpha value is -6.38. The fourth-order valence-electron chi connectivity index (χ4n) is 6.28. The van der Waals surface area contributed by atoms with Crippen molar-refractivity contribution in [3.05, 3.63) is 142 Å². The molecule has 2 heterocycles. The number of esters is 1. The number of anilines is 2. The second-order valence-electron chi connectivity index (χ2n) is 13.0. The summed E-state index contributed by atoms with van der Waals surface area (Å²) in [6.07, 6.45) is 1.98. The number of thiophene rings is 1. The van der Waals surface area contributed by atoms with Crippen LogP contribution in [-0.2, 0) is 32.1 Å². The predicted octanol–water partition coefficient (Wildman–Crippen LogP) is 7.73. The molecule has 0 aliphatic carbocycles. The molecule has 0 saturated carbocycles. The maximum absolute atomic E-state index is 14.3. The van der Waals surface area contributed by atoms with E-state index in [9.17, 15) is 24.0 Å². The molecule has 0 spiro atoms. The van der Waals surface area contributed by atoms with Gasteiger partial charge in [0.1, 0.15) is 27.4 Å². The van der Waals surface area contributed by atoms with Crippen LogP contribution in [0.1, 0.15) is 61.4 Å². The van der Waals surface area contributed by atoms with Gasteiger partial charge in [-0.25, -0.2) is 4.79 Å². The largest absolute Gasteiger partial charge is 0.497 e. The number of methoxy groups -OCH3 is 2. The fraction of sp³-hybridized carbons (Fsp3) is 0.205. The Balaban J connectivity index is 1.27. The number of rotatable bonds is 14. The molecule has 1 unspecified atom stereocenters. The summed E-state index contributed by atoms with van der Waals surface area (Å²) in [6.45, 7) is 4.20. The Bertz CT molecular complexity index is 2350. The summed E-state index contributed by atoms with van der Waals surface area (Å²) in [5.74, 6) is -1.07. The molecule has 4 amide bonds. The Morgan fingerprint density at radius 3 is 2.31 bits per heavy atom. The summed E-state index contributed by atoms with van der Waals surface area (Å²) in [5.41, 5.74) is 3.06.